The van der Waals surface area contributed by atoms with E-state index in [9.17, 15) is 4.79 Å². The van der Waals surface area contributed by atoms with E-state index in [1.54, 1.807) is 4.90 Å². The molecule has 2 N–H and O–H groups in total. The fourth-order valence-corrected chi connectivity index (χ4v) is 3.75. The van der Waals surface area contributed by atoms with Crippen molar-refractivity contribution in [3.8, 4) is 5.75 Å². The Balaban J connectivity index is 1.45. The summed E-state index contributed by atoms with van der Waals surface area (Å²) in [5, 5.41) is 7.03. The molecule has 2 aromatic rings. The molecule has 1 aliphatic heterocycles. The molecule has 2 atom stereocenters. The highest BCUT2D eigenvalue weighted by molar-refractivity contribution is 5.78. The van der Waals surface area contributed by atoms with Gasteiger partial charge in [-0.05, 0) is 38.5 Å². The van der Waals surface area contributed by atoms with Crippen LogP contribution in [0.5, 0.6) is 5.75 Å². The standard InChI is InChI=1S/C21H29N3O3/c1-4-24-11-5-6-18(24)13-22-21(25)12-17-7-9-19(10-8-17)26-14-20-15(2)23-27-16(20)3/h7-10,18H,4-6,11-14H2,1-3H3,(H,22,25)/p+1/t18-/m1/s1. The Kier molecular flexibility index (Phi) is 6.50. The van der Waals surface area contributed by atoms with Gasteiger partial charge in [-0.2, -0.15) is 0 Å². The molecule has 6 nitrogen and oxygen atoms in total. The van der Waals surface area contributed by atoms with E-state index in [-0.39, 0.29) is 5.91 Å². The first-order chi connectivity index (χ1) is 13.1. The van der Waals surface area contributed by atoms with Crippen molar-refractivity contribution in [3.63, 3.8) is 0 Å². The second-order valence-corrected chi connectivity index (χ2v) is 7.32. The minimum absolute atomic E-state index is 0.0849. The van der Waals surface area contributed by atoms with Gasteiger partial charge in [-0.3, -0.25) is 4.79 Å². The molecule has 0 radical (unpaired) electrons. The number of ether oxygens (including phenoxy) is 1. The lowest BCUT2D eigenvalue weighted by atomic mass is 10.1. The predicted molar refractivity (Wildman–Crippen MR) is 103 cm³/mol. The Morgan fingerprint density at radius 3 is 2.78 bits per heavy atom. The van der Waals surface area contributed by atoms with Gasteiger partial charge in [-0.25, -0.2) is 0 Å². The fourth-order valence-electron chi connectivity index (χ4n) is 3.75. The Morgan fingerprint density at radius 2 is 2.11 bits per heavy atom. The van der Waals surface area contributed by atoms with E-state index < -0.39 is 0 Å². The number of nitrogens with zero attached hydrogens (tertiary/aromatic N) is 1. The highest BCUT2D eigenvalue weighted by Gasteiger charge is 2.27. The number of likely N-dealkylation sites (tertiary alicyclic amines) is 1. The summed E-state index contributed by atoms with van der Waals surface area (Å²) in [5.74, 6) is 1.64. The lowest BCUT2D eigenvalue weighted by Gasteiger charge is -2.20. The number of nitrogens with one attached hydrogen (secondary N) is 2. The molecule has 0 aliphatic carbocycles. The Hall–Kier alpha value is -2.34. The van der Waals surface area contributed by atoms with Crippen molar-refractivity contribution in [1.29, 1.82) is 0 Å². The average Bonchev–Trinajstić information content (AvgIpc) is 3.26. The van der Waals surface area contributed by atoms with Gasteiger partial charge < -0.3 is 19.5 Å². The summed E-state index contributed by atoms with van der Waals surface area (Å²) in [5.41, 5.74) is 2.82. The number of carbonyl (C=O) groups excluding carboxylic acids is 1. The van der Waals surface area contributed by atoms with E-state index in [0.717, 1.165) is 41.4 Å². The number of rotatable bonds is 8. The van der Waals surface area contributed by atoms with E-state index in [1.807, 2.05) is 38.1 Å². The summed E-state index contributed by atoms with van der Waals surface area (Å²) >= 11 is 0. The molecule has 2 heterocycles. The molecule has 1 unspecified atom stereocenters. The highest BCUT2D eigenvalue weighted by Crippen LogP contribution is 2.18. The summed E-state index contributed by atoms with van der Waals surface area (Å²) in [6, 6.07) is 8.27. The van der Waals surface area contributed by atoms with Gasteiger partial charge in [0.1, 0.15) is 24.2 Å². The Bertz CT molecular complexity index is 735. The molecule has 1 aromatic heterocycles. The second-order valence-electron chi connectivity index (χ2n) is 7.32. The van der Waals surface area contributed by atoms with Crippen molar-refractivity contribution in [2.24, 2.45) is 0 Å². The molecule has 1 aromatic carbocycles. The van der Waals surface area contributed by atoms with Gasteiger partial charge in [-0.1, -0.05) is 17.3 Å². The normalized spacial score (nSPS) is 19.2. The van der Waals surface area contributed by atoms with E-state index in [2.05, 4.69) is 17.4 Å². The van der Waals surface area contributed by atoms with Crippen LogP contribution in [0.2, 0.25) is 0 Å². The molecule has 1 amide bonds. The van der Waals surface area contributed by atoms with Gasteiger partial charge in [0.05, 0.1) is 37.3 Å². The van der Waals surface area contributed by atoms with Crippen LogP contribution in [-0.2, 0) is 17.8 Å². The number of aryl methyl sites for hydroxylation is 2. The minimum atomic E-state index is 0.0849. The summed E-state index contributed by atoms with van der Waals surface area (Å²) in [4.78, 5) is 13.8. The number of benzene rings is 1. The molecular formula is C21H30N3O3+. The molecule has 1 fully saturated rings. The molecular weight excluding hydrogens is 342 g/mol. The van der Waals surface area contributed by atoms with Gasteiger partial charge in [0.25, 0.3) is 0 Å². The zero-order valence-corrected chi connectivity index (χ0v) is 16.5. The van der Waals surface area contributed by atoms with Gasteiger partial charge in [0, 0.05) is 12.8 Å². The first-order valence-electron chi connectivity index (χ1n) is 9.81. The number of aromatic nitrogens is 1. The Labute approximate surface area is 160 Å². The van der Waals surface area contributed by atoms with Gasteiger partial charge in [0.2, 0.25) is 5.91 Å². The molecule has 1 saturated heterocycles. The van der Waals surface area contributed by atoms with Crippen molar-refractivity contribution < 1.29 is 19.0 Å². The number of hydrogen-bond acceptors (Lipinski definition) is 4. The quantitative estimate of drug-likeness (QED) is 0.739. The van der Waals surface area contributed by atoms with Crippen molar-refractivity contribution in [2.45, 2.75) is 52.7 Å². The summed E-state index contributed by atoms with van der Waals surface area (Å²) in [6.07, 6.45) is 2.87. The van der Waals surface area contributed by atoms with E-state index >= 15 is 0 Å². The van der Waals surface area contributed by atoms with Gasteiger partial charge >= 0.3 is 0 Å². The number of amides is 1. The molecule has 0 bridgehead atoms. The van der Waals surface area contributed by atoms with Crippen molar-refractivity contribution in [3.05, 3.63) is 46.8 Å². The SMILES string of the molecule is CC[NH+]1CCC[C@@H]1CNC(=O)Cc1ccc(OCc2c(C)noc2C)cc1. The van der Waals surface area contributed by atoms with Crippen LogP contribution in [0.3, 0.4) is 0 Å². The third kappa shape index (κ3) is 5.10. The summed E-state index contributed by atoms with van der Waals surface area (Å²) in [7, 11) is 0. The topological polar surface area (TPSA) is 68.8 Å². The zero-order valence-electron chi connectivity index (χ0n) is 16.5. The maximum absolute atomic E-state index is 12.2. The lowest BCUT2D eigenvalue weighted by molar-refractivity contribution is -0.909. The molecule has 0 spiro atoms. The predicted octanol–water partition coefficient (Wildman–Crippen LogP) is 1.60. The smallest absolute Gasteiger partial charge is 0.224 e. The summed E-state index contributed by atoms with van der Waals surface area (Å²) < 4.78 is 11.0. The molecule has 27 heavy (non-hydrogen) atoms. The first-order valence-corrected chi connectivity index (χ1v) is 9.81. The van der Waals surface area contributed by atoms with Crippen LogP contribution in [0.4, 0.5) is 0 Å². The first kappa shape index (κ1) is 19.4. The monoisotopic (exact) mass is 372 g/mol. The van der Waals surface area contributed by atoms with Crippen LogP contribution < -0.4 is 15.0 Å². The zero-order chi connectivity index (χ0) is 19.2. The van der Waals surface area contributed by atoms with Crippen LogP contribution in [0.1, 0.15) is 42.3 Å². The maximum atomic E-state index is 12.2. The fraction of sp³-hybridized carbons (Fsp3) is 0.524. The van der Waals surface area contributed by atoms with Gasteiger partial charge in [0.15, 0.2) is 0 Å². The van der Waals surface area contributed by atoms with E-state index in [1.165, 1.54) is 19.4 Å². The number of quaternary nitrogens is 1. The summed E-state index contributed by atoms with van der Waals surface area (Å²) in [6.45, 7) is 9.57. The van der Waals surface area contributed by atoms with Crippen LogP contribution in [0.15, 0.2) is 28.8 Å². The average molecular weight is 372 g/mol. The van der Waals surface area contributed by atoms with E-state index in [0.29, 0.717) is 19.1 Å². The van der Waals surface area contributed by atoms with Crippen LogP contribution in [0.25, 0.3) is 0 Å². The van der Waals surface area contributed by atoms with Crippen LogP contribution >= 0.6 is 0 Å². The van der Waals surface area contributed by atoms with Crippen LogP contribution in [-0.4, -0.2) is 36.7 Å². The number of likely N-dealkylation sites (N-methyl/N-ethyl adjacent to an activating group) is 1. The molecule has 0 saturated carbocycles. The van der Waals surface area contributed by atoms with Gasteiger partial charge in [-0.15, -0.1) is 0 Å². The minimum Gasteiger partial charge on any atom is -0.489 e. The number of hydrogen-bond donors (Lipinski definition) is 2. The molecule has 146 valence electrons. The maximum Gasteiger partial charge on any atom is 0.224 e. The largest absolute Gasteiger partial charge is 0.489 e. The molecule has 1 aliphatic rings. The van der Waals surface area contributed by atoms with Crippen LogP contribution in [0, 0.1) is 13.8 Å². The number of carbonyl (C=O) groups is 1. The van der Waals surface area contributed by atoms with Crippen molar-refractivity contribution >= 4 is 5.91 Å². The van der Waals surface area contributed by atoms with Crippen molar-refractivity contribution in [1.82, 2.24) is 10.5 Å². The molecule has 3 rings (SSSR count). The Morgan fingerprint density at radius 1 is 1.33 bits per heavy atom. The van der Waals surface area contributed by atoms with Crippen molar-refractivity contribution in [2.75, 3.05) is 19.6 Å². The van der Waals surface area contributed by atoms with E-state index in [4.69, 9.17) is 9.26 Å². The highest BCUT2D eigenvalue weighted by atomic mass is 16.5. The second kappa shape index (κ2) is 9.04. The third-order valence-electron chi connectivity index (χ3n) is 5.48. The lowest BCUT2D eigenvalue weighted by Crippen LogP contribution is -3.14. The molecule has 6 heteroatoms. The third-order valence-corrected chi connectivity index (χ3v) is 5.48.